The number of nitrogens with one attached hydrogen (secondary N) is 1. The summed E-state index contributed by atoms with van der Waals surface area (Å²) < 4.78 is 5.54. The van der Waals surface area contributed by atoms with Crippen LogP contribution in [0.1, 0.15) is 57.8 Å². The lowest BCUT2D eigenvalue weighted by Crippen LogP contribution is -2.53. The third-order valence-electron chi connectivity index (χ3n) is 8.39. The summed E-state index contributed by atoms with van der Waals surface area (Å²) in [5, 5.41) is 10.4. The molecule has 0 bridgehead atoms. The topological polar surface area (TPSA) is 81.9 Å². The third-order valence-corrected chi connectivity index (χ3v) is 8.39. The fraction of sp³-hybridized carbons (Fsp3) is 0.840. The van der Waals surface area contributed by atoms with Crippen molar-refractivity contribution in [3.8, 4) is 0 Å². The van der Waals surface area contributed by atoms with Gasteiger partial charge in [-0.2, -0.15) is 5.10 Å². The van der Waals surface area contributed by atoms with E-state index in [0.29, 0.717) is 17.7 Å². The van der Waals surface area contributed by atoms with Gasteiger partial charge >= 0.3 is 0 Å². The van der Waals surface area contributed by atoms with Gasteiger partial charge in [0.1, 0.15) is 12.3 Å². The van der Waals surface area contributed by atoms with Crippen LogP contribution in [0.2, 0.25) is 5.82 Å². The van der Waals surface area contributed by atoms with Gasteiger partial charge in [-0.25, -0.2) is 0 Å². The van der Waals surface area contributed by atoms with Crippen molar-refractivity contribution in [2.45, 2.75) is 82.0 Å². The number of methoxy groups -OCH3 is 1. The zero-order valence-corrected chi connectivity index (χ0v) is 20.5. The number of hydrogen-bond acceptors (Lipinski definition) is 7. The van der Waals surface area contributed by atoms with Crippen molar-refractivity contribution in [3.63, 3.8) is 0 Å². The fourth-order valence-corrected chi connectivity index (χ4v) is 6.30. The van der Waals surface area contributed by atoms with Crippen LogP contribution in [0.3, 0.4) is 0 Å². The molecule has 2 radical (unpaired) electrons. The lowest BCUT2D eigenvalue weighted by molar-refractivity contribution is -0.139. The van der Waals surface area contributed by atoms with Crippen molar-refractivity contribution in [2.75, 3.05) is 33.3 Å². The van der Waals surface area contributed by atoms with Crippen molar-refractivity contribution < 1.29 is 9.53 Å². The van der Waals surface area contributed by atoms with Gasteiger partial charge in [-0.05, 0) is 44.9 Å². The molecule has 1 amide bonds. The standard InChI is InChI=1S/C25H39BN6O2/c1-34-20-6-2-5-19(12-20)25(33)31-10-7-18(8-11-31)22-13-23(28-15-17-4-3-9-27-14-17)32-24(30-22)21(26)16-29-32/h14,16-21,23-24,28H,2-13,15H2,1H3. The van der Waals surface area contributed by atoms with Crippen molar-refractivity contribution in [1.82, 2.24) is 15.2 Å². The SMILES string of the molecule is [B]C1C=NN2C(NCC3C=NCCC3)CC(C3CCN(C(=O)C4CCCC(OC)C4)CC3)=NC12. The Morgan fingerprint density at radius 3 is 2.79 bits per heavy atom. The molecule has 0 spiro atoms. The molecule has 6 unspecified atom stereocenters. The number of hydrogen-bond donors (Lipinski definition) is 1. The first-order chi connectivity index (χ1) is 16.6. The van der Waals surface area contributed by atoms with Gasteiger partial charge in [0.05, 0.1) is 14.0 Å². The maximum absolute atomic E-state index is 13.2. The third kappa shape index (κ3) is 5.25. The molecule has 4 heterocycles. The number of carbonyl (C=O) groups excluding carboxylic acids is 1. The van der Waals surface area contributed by atoms with Gasteiger partial charge in [0.2, 0.25) is 5.91 Å². The molecule has 2 fully saturated rings. The monoisotopic (exact) mass is 466 g/mol. The summed E-state index contributed by atoms with van der Waals surface area (Å²) in [4.78, 5) is 24.8. The van der Waals surface area contributed by atoms with Gasteiger partial charge < -0.3 is 9.64 Å². The van der Waals surface area contributed by atoms with E-state index in [1.807, 2.05) is 6.21 Å². The number of fused-ring (bicyclic) bond motifs is 1. The minimum atomic E-state index is -0.169. The van der Waals surface area contributed by atoms with E-state index in [1.54, 1.807) is 7.11 Å². The second kappa shape index (κ2) is 10.9. The van der Waals surface area contributed by atoms with E-state index in [4.69, 9.17) is 17.6 Å². The number of carbonyl (C=O) groups is 1. The van der Waals surface area contributed by atoms with Crippen LogP contribution in [0.25, 0.3) is 0 Å². The number of rotatable bonds is 6. The number of amides is 1. The molecular weight excluding hydrogens is 427 g/mol. The second-order valence-corrected chi connectivity index (χ2v) is 10.7. The summed E-state index contributed by atoms with van der Waals surface area (Å²) in [6.07, 6.45) is 13.4. The van der Waals surface area contributed by atoms with Crippen LogP contribution < -0.4 is 5.32 Å². The molecule has 5 aliphatic rings. The summed E-state index contributed by atoms with van der Waals surface area (Å²) in [5.74, 6) is 1.19. The Morgan fingerprint density at radius 2 is 2.03 bits per heavy atom. The van der Waals surface area contributed by atoms with E-state index in [2.05, 4.69) is 31.5 Å². The molecule has 9 heteroatoms. The summed E-state index contributed by atoms with van der Waals surface area (Å²) in [5.41, 5.74) is 1.25. The Balaban J connectivity index is 1.18. The molecule has 0 aromatic rings. The number of aliphatic imine (C=N–C) groups is 2. The Hall–Kier alpha value is -1.74. The van der Waals surface area contributed by atoms with Crippen LogP contribution in [0.5, 0.6) is 0 Å². The quantitative estimate of drug-likeness (QED) is 0.609. The van der Waals surface area contributed by atoms with E-state index in [0.717, 1.165) is 71.1 Å². The van der Waals surface area contributed by atoms with Crippen LogP contribution in [-0.4, -0.2) is 93.5 Å². The van der Waals surface area contributed by atoms with Crippen molar-refractivity contribution in [3.05, 3.63) is 0 Å². The zero-order chi connectivity index (χ0) is 23.5. The normalized spacial score (nSPS) is 36.4. The molecule has 8 nitrogen and oxygen atoms in total. The second-order valence-electron chi connectivity index (χ2n) is 10.7. The number of nitrogens with zero attached hydrogens (tertiary/aromatic N) is 5. The van der Waals surface area contributed by atoms with Crippen LogP contribution in [0.15, 0.2) is 15.1 Å². The highest BCUT2D eigenvalue weighted by molar-refractivity contribution is 6.21. The molecule has 1 saturated carbocycles. The van der Waals surface area contributed by atoms with Gasteiger partial charge in [-0.15, -0.1) is 0 Å². The van der Waals surface area contributed by atoms with E-state index >= 15 is 0 Å². The van der Waals surface area contributed by atoms with Gasteiger partial charge in [0.15, 0.2) is 0 Å². The molecule has 4 aliphatic heterocycles. The maximum Gasteiger partial charge on any atom is 0.225 e. The predicted octanol–water partition coefficient (Wildman–Crippen LogP) is 2.26. The van der Waals surface area contributed by atoms with Crippen molar-refractivity contribution >= 4 is 31.9 Å². The molecule has 5 rings (SSSR count). The summed E-state index contributed by atoms with van der Waals surface area (Å²) >= 11 is 0. The Labute approximate surface area is 205 Å². The molecule has 1 aliphatic carbocycles. The molecule has 184 valence electrons. The smallest absolute Gasteiger partial charge is 0.225 e. The van der Waals surface area contributed by atoms with Crippen molar-refractivity contribution in [1.29, 1.82) is 0 Å². The van der Waals surface area contributed by atoms with E-state index < -0.39 is 0 Å². The lowest BCUT2D eigenvalue weighted by atomic mass is 9.83. The first-order valence-electron chi connectivity index (χ1n) is 13.3. The average molecular weight is 466 g/mol. The number of likely N-dealkylation sites (tertiary alicyclic amines) is 1. The van der Waals surface area contributed by atoms with Gasteiger partial charge in [0.25, 0.3) is 0 Å². The lowest BCUT2D eigenvalue weighted by Gasteiger charge is -2.41. The highest BCUT2D eigenvalue weighted by Crippen LogP contribution is 2.34. The number of hydrazone groups is 1. The summed E-state index contributed by atoms with van der Waals surface area (Å²) in [6.45, 7) is 3.51. The van der Waals surface area contributed by atoms with Crippen LogP contribution in [0, 0.1) is 17.8 Å². The first kappa shape index (κ1) is 24.0. The predicted molar refractivity (Wildman–Crippen MR) is 136 cm³/mol. The van der Waals surface area contributed by atoms with Crippen LogP contribution in [0.4, 0.5) is 0 Å². The van der Waals surface area contributed by atoms with Crippen LogP contribution >= 0.6 is 0 Å². The average Bonchev–Trinajstić information content (AvgIpc) is 3.28. The highest BCUT2D eigenvalue weighted by atomic mass is 16.5. The Morgan fingerprint density at radius 1 is 1.18 bits per heavy atom. The molecule has 0 aromatic heterocycles. The largest absolute Gasteiger partial charge is 0.381 e. The van der Waals surface area contributed by atoms with E-state index in [9.17, 15) is 4.79 Å². The molecule has 34 heavy (non-hydrogen) atoms. The fourth-order valence-electron chi connectivity index (χ4n) is 6.30. The minimum absolute atomic E-state index is 0.116. The molecule has 1 saturated heterocycles. The molecule has 6 atom stereocenters. The van der Waals surface area contributed by atoms with Gasteiger partial charge in [0, 0.05) is 81.4 Å². The zero-order valence-electron chi connectivity index (χ0n) is 20.5. The summed E-state index contributed by atoms with van der Waals surface area (Å²) in [7, 11) is 8.10. The summed E-state index contributed by atoms with van der Waals surface area (Å²) in [6, 6.07) is 0. The van der Waals surface area contributed by atoms with Gasteiger partial charge in [-0.3, -0.25) is 25.1 Å². The van der Waals surface area contributed by atoms with Crippen molar-refractivity contribution in [2.24, 2.45) is 32.8 Å². The molecule has 1 N–H and O–H groups in total. The highest BCUT2D eigenvalue weighted by Gasteiger charge is 2.40. The molecule has 0 aromatic carbocycles. The van der Waals surface area contributed by atoms with E-state index in [1.165, 1.54) is 18.6 Å². The Kier molecular flexibility index (Phi) is 7.69. The minimum Gasteiger partial charge on any atom is -0.381 e. The Bertz CT molecular complexity index is 811. The number of ether oxygens (including phenoxy) is 1. The first-order valence-corrected chi connectivity index (χ1v) is 13.3. The van der Waals surface area contributed by atoms with Crippen LogP contribution in [-0.2, 0) is 9.53 Å². The maximum atomic E-state index is 13.2. The molecular formula is C25H39BN6O2. The number of piperidine rings is 1. The van der Waals surface area contributed by atoms with E-state index in [-0.39, 0.29) is 30.2 Å². The van der Waals surface area contributed by atoms with Gasteiger partial charge in [-0.1, -0.05) is 6.42 Å².